The van der Waals surface area contributed by atoms with Crippen LogP contribution in [0.1, 0.15) is 18.1 Å². The molecule has 2 nitrogen and oxygen atoms in total. The monoisotopic (exact) mass is 292 g/mol. The minimum atomic E-state index is -0.988. The van der Waals surface area contributed by atoms with Crippen LogP contribution in [-0.2, 0) is 0 Å². The number of phenols is 1. The number of benzene rings is 2. The van der Waals surface area contributed by atoms with Gasteiger partial charge in [-0.05, 0) is 31.2 Å². The van der Waals surface area contributed by atoms with Gasteiger partial charge in [0.2, 0.25) is 0 Å². The SMILES string of the molecule is CC1Oc2ccc(O)cc2C=C1c1c(F)cc(F)cc1F. The molecule has 1 N–H and O–H groups in total. The highest BCUT2D eigenvalue weighted by atomic mass is 19.1. The Balaban J connectivity index is 2.18. The summed E-state index contributed by atoms with van der Waals surface area (Å²) < 4.78 is 46.4. The van der Waals surface area contributed by atoms with Crippen LogP contribution in [0.2, 0.25) is 0 Å². The lowest BCUT2D eigenvalue weighted by molar-refractivity contribution is 0.273. The molecular weight excluding hydrogens is 281 g/mol. The first-order valence-electron chi connectivity index (χ1n) is 6.32. The Hall–Kier alpha value is -2.43. The van der Waals surface area contributed by atoms with E-state index in [0.717, 1.165) is 0 Å². The summed E-state index contributed by atoms with van der Waals surface area (Å²) in [6.45, 7) is 1.64. The quantitative estimate of drug-likeness (QED) is 0.856. The summed E-state index contributed by atoms with van der Waals surface area (Å²) >= 11 is 0. The predicted molar refractivity (Wildman–Crippen MR) is 72.4 cm³/mol. The van der Waals surface area contributed by atoms with Gasteiger partial charge in [-0.15, -0.1) is 0 Å². The maximum atomic E-state index is 13.9. The molecule has 2 aromatic rings. The molecule has 0 amide bonds. The molecule has 1 aliphatic heterocycles. The van der Waals surface area contributed by atoms with Crippen LogP contribution in [0.25, 0.3) is 11.6 Å². The fourth-order valence-corrected chi connectivity index (χ4v) is 2.39. The smallest absolute Gasteiger partial charge is 0.136 e. The number of phenolic OH excluding ortho intramolecular Hbond substituents is 1. The third kappa shape index (κ3) is 2.35. The zero-order chi connectivity index (χ0) is 15.1. The summed E-state index contributed by atoms with van der Waals surface area (Å²) in [5, 5.41) is 9.47. The predicted octanol–water partition coefficient (Wildman–Crippen LogP) is 4.13. The molecule has 3 rings (SSSR count). The topological polar surface area (TPSA) is 29.5 Å². The molecule has 108 valence electrons. The van der Waals surface area contributed by atoms with E-state index in [1.165, 1.54) is 18.2 Å². The zero-order valence-electron chi connectivity index (χ0n) is 11.0. The molecule has 2 aromatic carbocycles. The first kappa shape index (κ1) is 13.5. The van der Waals surface area contributed by atoms with Gasteiger partial charge >= 0.3 is 0 Å². The van der Waals surface area contributed by atoms with Crippen LogP contribution >= 0.6 is 0 Å². The average Bonchev–Trinajstić information content (AvgIpc) is 2.38. The molecule has 1 heterocycles. The molecule has 0 spiro atoms. The van der Waals surface area contributed by atoms with E-state index in [-0.39, 0.29) is 16.9 Å². The molecule has 0 fully saturated rings. The van der Waals surface area contributed by atoms with Crippen molar-refractivity contribution in [2.45, 2.75) is 13.0 Å². The highest BCUT2D eigenvalue weighted by Crippen LogP contribution is 2.37. The van der Waals surface area contributed by atoms with E-state index in [0.29, 0.717) is 23.4 Å². The standard InChI is InChI=1S/C16H11F3O2/c1-8-12(16-13(18)6-10(17)7-14(16)19)5-9-4-11(20)2-3-15(9)21-8/h2-8,20H,1H3. The number of hydrogen-bond acceptors (Lipinski definition) is 2. The van der Waals surface area contributed by atoms with E-state index >= 15 is 0 Å². The summed E-state index contributed by atoms with van der Waals surface area (Å²) in [4.78, 5) is 0. The van der Waals surface area contributed by atoms with Crippen molar-refractivity contribution in [1.29, 1.82) is 0 Å². The van der Waals surface area contributed by atoms with Gasteiger partial charge in [-0.3, -0.25) is 0 Å². The van der Waals surface area contributed by atoms with Gasteiger partial charge in [-0.1, -0.05) is 0 Å². The number of ether oxygens (including phenoxy) is 1. The lowest BCUT2D eigenvalue weighted by Crippen LogP contribution is -2.19. The van der Waals surface area contributed by atoms with E-state index < -0.39 is 23.6 Å². The number of halogens is 3. The maximum absolute atomic E-state index is 13.9. The Bertz CT molecular complexity index is 730. The molecular formula is C16H11F3O2. The van der Waals surface area contributed by atoms with Crippen molar-refractivity contribution in [3.63, 3.8) is 0 Å². The van der Waals surface area contributed by atoms with Gasteiger partial charge in [0.05, 0.1) is 5.56 Å². The summed E-state index contributed by atoms with van der Waals surface area (Å²) in [5.41, 5.74) is 0.437. The van der Waals surface area contributed by atoms with E-state index in [4.69, 9.17) is 4.74 Å². The van der Waals surface area contributed by atoms with Crippen molar-refractivity contribution in [1.82, 2.24) is 0 Å². The number of aromatic hydroxyl groups is 1. The van der Waals surface area contributed by atoms with E-state index in [2.05, 4.69) is 0 Å². The molecule has 0 bridgehead atoms. The molecule has 0 aliphatic carbocycles. The Morgan fingerprint density at radius 1 is 1.05 bits per heavy atom. The first-order valence-corrected chi connectivity index (χ1v) is 6.32. The van der Waals surface area contributed by atoms with Crippen LogP contribution < -0.4 is 4.74 Å². The fraction of sp³-hybridized carbons (Fsp3) is 0.125. The van der Waals surface area contributed by atoms with Gasteiger partial charge in [0, 0.05) is 23.3 Å². The Morgan fingerprint density at radius 2 is 1.71 bits per heavy atom. The molecule has 1 aliphatic rings. The molecule has 0 saturated heterocycles. The fourth-order valence-electron chi connectivity index (χ4n) is 2.39. The minimum Gasteiger partial charge on any atom is -0.508 e. The number of rotatable bonds is 1. The number of fused-ring (bicyclic) bond motifs is 1. The van der Waals surface area contributed by atoms with Crippen LogP contribution in [-0.4, -0.2) is 11.2 Å². The third-order valence-electron chi connectivity index (χ3n) is 3.34. The average molecular weight is 292 g/mol. The van der Waals surface area contributed by atoms with Gasteiger partial charge in [-0.2, -0.15) is 0 Å². The Morgan fingerprint density at radius 3 is 2.38 bits per heavy atom. The third-order valence-corrected chi connectivity index (χ3v) is 3.34. The molecule has 21 heavy (non-hydrogen) atoms. The van der Waals surface area contributed by atoms with E-state index in [9.17, 15) is 18.3 Å². The summed E-state index contributed by atoms with van der Waals surface area (Å²) in [5.74, 6) is -2.43. The highest BCUT2D eigenvalue weighted by molar-refractivity contribution is 5.87. The largest absolute Gasteiger partial charge is 0.508 e. The van der Waals surface area contributed by atoms with Crippen molar-refractivity contribution in [2.75, 3.05) is 0 Å². The maximum Gasteiger partial charge on any atom is 0.136 e. The Labute approximate surface area is 119 Å². The molecule has 1 unspecified atom stereocenters. The van der Waals surface area contributed by atoms with Crippen LogP contribution in [0.4, 0.5) is 13.2 Å². The normalized spacial score (nSPS) is 17.0. The van der Waals surface area contributed by atoms with Gasteiger partial charge < -0.3 is 9.84 Å². The number of hydrogen-bond donors (Lipinski definition) is 1. The molecule has 0 radical (unpaired) electrons. The first-order chi connectivity index (χ1) is 9.95. The van der Waals surface area contributed by atoms with Crippen LogP contribution in [0.5, 0.6) is 11.5 Å². The van der Waals surface area contributed by atoms with Crippen molar-refractivity contribution in [3.8, 4) is 11.5 Å². The molecule has 1 atom stereocenters. The second-order valence-electron chi connectivity index (χ2n) is 4.83. The van der Waals surface area contributed by atoms with E-state index in [1.807, 2.05) is 0 Å². The lowest BCUT2D eigenvalue weighted by Gasteiger charge is -2.25. The molecule has 0 saturated carbocycles. The summed E-state index contributed by atoms with van der Waals surface area (Å²) in [7, 11) is 0. The molecule has 0 aromatic heterocycles. The summed E-state index contributed by atoms with van der Waals surface area (Å²) in [6, 6.07) is 5.73. The highest BCUT2D eigenvalue weighted by Gasteiger charge is 2.25. The van der Waals surface area contributed by atoms with Crippen molar-refractivity contribution >= 4 is 11.6 Å². The van der Waals surface area contributed by atoms with Crippen molar-refractivity contribution < 1.29 is 23.0 Å². The van der Waals surface area contributed by atoms with Gasteiger partial charge in [0.25, 0.3) is 0 Å². The van der Waals surface area contributed by atoms with Crippen molar-refractivity contribution in [3.05, 3.63) is 58.9 Å². The summed E-state index contributed by atoms with van der Waals surface area (Å²) in [6.07, 6.45) is 0.930. The minimum absolute atomic E-state index is 0.0163. The Kier molecular flexibility index (Phi) is 3.12. The zero-order valence-corrected chi connectivity index (χ0v) is 11.0. The van der Waals surface area contributed by atoms with E-state index in [1.54, 1.807) is 13.0 Å². The van der Waals surface area contributed by atoms with Crippen LogP contribution in [0, 0.1) is 17.5 Å². The van der Waals surface area contributed by atoms with Crippen LogP contribution in [0.3, 0.4) is 0 Å². The lowest BCUT2D eigenvalue weighted by atomic mass is 9.95. The molecule has 5 heteroatoms. The van der Waals surface area contributed by atoms with Gasteiger partial charge in [0.15, 0.2) is 0 Å². The van der Waals surface area contributed by atoms with Crippen molar-refractivity contribution in [2.24, 2.45) is 0 Å². The van der Waals surface area contributed by atoms with Gasteiger partial charge in [0.1, 0.15) is 35.1 Å². The second-order valence-corrected chi connectivity index (χ2v) is 4.83. The van der Waals surface area contributed by atoms with Crippen LogP contribution in [0.15, 0.2) is 30.3 Å². The van der Waals surface area contributed by atoms with Gasteiger partial charge in [-0.25, -0.2) is 13.2 Å². The second kappa shape index (κ2) is 4.84.